The Morgan fingerprint density at radius 2 is 2.12 bits per heavy atom. The number of hydrogen-bond donors (Lipinski definition) is 0. The van der Waals surface area contributed by atoms with E-state index in [0.29, 0.717) is 31.5 Å². The van der Waals surface area contributed by atoms with Crippen molar-refractivity contribution < 1.29 is 14.3 Å². The number of amides is 1. The van der Waals surface area contributed by atoms with Gasteiger partial charge < -0.3 is 14.4 Å². The van der Waals surface area contributed by atoms with Crippen LogP contribution in [0.4, 0.5) is 4.79 Å². The van der Waals surface area contributed by atoms with Crippen LogP contribution in [0.2, 0.25) is 5.15 Å². The molecule has 25 heavy (non-hydrogen) atoms. The van der Waals surface area contributed by atoms with E-state index in [2.05, 4.69) is 11.6 Å². The Hall–Kier alpha value is -1.59. The third kappa shape index (κ3) is 5.44. The lowest BCUT2D eigenvalue weighted by atomic mass is 9.73. The molecule has 2 rings (SSSR count). The summed E-state index contributed by atoms with van der Waals surface area (Å²) in [5, 5.41) is 0.468. The maximum Gasteiger partial charge on any atom is 0.410 e. The van der Waals surface area contributed by atoms with Crippen LogP contribution in [-0.4, -0.2) is 47.9 Å². The standard InChI is InChI=1S/C19H27ClN2O3/c1-5-12-24-14-19(15-6-9-21-16(20)13-15)7-10-22(11-8-19)17(23)25-18(2,3)4/h5-6,9,13H,1,7-8,10-12,14H2,2-4H3. The van der Waals surface area contributed by atoms with Crippen molar-refractivity contribution in [3.05, 3.63) is 41.7 Å². The molecule has 1 aliphatic heterocycles. The minimum Gasteiger partial charge on any atom is -0.444 e. The summed E-state index contributed by atoms with van der Waals surface area (Å²) in [4.78, 5) is 18.1. The predicted molar refractivity (Wildman–Crippen MR) is 99.0 cm³/mol. The average Bonchev–Trinajstić information content (AvgIpc) is 2.54. The lowest BCUT2D eigenvalue weighted by Gasteiger charge is -2.42. The molecule has 0 unspecified atom stereocenters. The van der Waals surface area contributed by atoms with Gasteiger partial charge in [-0.15, -0.1) is 6.58 Å². The Morgan fingerprint density at radius 1 is 1.44 bits per heavy atom. The van der Waals surface area contributed by atoms with E-state index < -0.39 is 5.60 Å². The van der Waals surface area contributed by atoms with E-state index in [1.165, 1.54) is 0 Å². The first-order valence-corrected chi connectivity index (χ1v) is 8.92. The molecular weight excluding hydrogens is 340 g/mol. The Morgan fingerprint density at radius 3 is 2.68 bits per heavy atom. The van der Waals surface area contributed by atoms with Gasteiger partial charge in [0.05, 0.1) is 13.2 Å². The van der Waals surface area contributed by atoms with Gasteiger partial charge in [0.15, 0.2) is 0 Å². The summed E-state index contributed by atoms with van der Waals surface area (Å²) in [7, 11) is 0. The molecule has 2 heterocycles. The van der Waals surface area contributed by atoms with Crippen LogP contribution in [-0.2, 0) is 14.9 Å². The number of nitrogens with zero attached hydrogens (tertiary/aromatic N) is 2. The Kier molecular flexibility index (Phi) is 6.47. The summed E-state index contributed by atoms with van der Waals surface area (Å²) in [5.74, 6) is 0. The number of hydrogen-bond acceptors (Lipinski definition) is 4. The Balaban J connectivity index is 2.12. The van der Waals surface area contributed by atoms with Gasteiger partial charge in [-0.2, -0.15) is 0 Å². The van der Waals surface area contributed by atoms with Crippen molar-refractivity contribution in [3.8, 4) is 0 Å². The highest BCUT2D eigenvalue weighted by Crippen LogP contribution is 2.37. The van der Waals surface area contributed by atoms with Crippen LogP contribution in [0.1, 0.15) is 39.2 Å². The zero-order valence-corrected chi connectivity index (χ0v) is 16.0. The molecule has 0 aliphatic carbocycles. The van der Waals surface area contributed by atoms with Crippen molar-refractivity contribution in [2.24, 2.45) is 0 Å². The summed E-state index contributed by atoms with van der Waals surface area (Å²) in [6, 6.07) is 3.87. The van der Waals surface area contributed by atoms with Gasteiger partial charge in [0.2, 0.25) is 0 Å². The van der Waals surface area contributed by atoms with E-state index in [0.717, 1.165) is 18.4 Å². The summed E-state index contributed by atoms with van der Waals surface area (Å²) >= 11 is 6.09. The van der Waals surface area contributed by atoms with Crippen molar-refractivity contribution in [1.82, 2.24) is 9.88 Å². The molecule has 0 atom stereocenters. The van der Waals surface area contributed by atoms with E-state index in [1.54, 1.807) is 17.2 Å². The smallest absolute Gasteiger partial charge is 0.410 e. The number of likely N-dealkylation sites (tertiary alicyclic amines) is 1. The number of carbonyl (C=O) groups excluding carboxylic acids is 1. The molecule has 1 aromatic rings. The first-order valence-electron chi connectivity index (χ1n) is 8.54. The number of aromatic nitrogens is 1. The zero-order valence-electron chi connectivity index (χ0n) is 15.3. The Labute approximate surface area is 155 Å². The second-order valence-corrected chi connectivity index (χ2v) is 7.81. The summed E-state index contributed by atoms with van der Waals surface area (Å²) in [6.07, 6.45) is 4.75. The van der Waals surface area contributed by atoms with Gasteiger partial charge in [-0.3, -0.25) is 0 Å². The van der Waals surface area contributed by atoms with E-state index in [9.17, 15) is 4.79 Å². The molecule has 1 amide bonds. The van der Waals surface area contributed by atoms with Crippen molar-refractivity contribution in [1.29, 1.82) is 0 Å². The highest BCUT2D eigenvalue weighted by atomic mass is 35.5. The van der Waals surface area contributed by atoms with Crippen LogP contribution in [0, 0.1) is 0 Å². The van der Waals surface area contributed by atoms with Crippen LogP contribution in [0.5, 0.6) is 0 Å². The highest BCUT2D eigenvalue weighted by Gasteiger charge is 2.39. The van der Waals surface area contributed by atoms with Crippen LogP contribution in [0.3, 0.4) is 0 Å². The van der Waals surface area contributed by atoms with Gasteiger partial charge >= 0.3 is 6.09 Å². The first-order chi connectivity index (χ1) is 11.8. The number of halogens is 1. The van der Waals surface area contributed by atoms with E-state index in [1.807, 2.05) is 32.9 Å². The van der Waals surface area contributed by atoms with Crippen molar-refractivity contribution in [3.63, 3.8) is 0 Å². The van der Waals surface area contributed by atoms with E-state index in [4.69, 9.17) is 21.1 Å². The molecular formula is C19H27ClN2O3. The minimum atomic E-state index is -0.489. The topological polar surface area (TPSA) is 51.7 Å². The predicted octanol–water partition coefficient (Wildman–Crippen LogP) is 4.21. The molecule has 1 aromatic heterocycles. The van der Waals surface area contributed by atoms with Gasteiger partial charge in [0.1, 0.15) is 10.8 Å². The number of pyridine rings is 1. The summed E-state index contributed by atoms with van der Waals surface area (Å²) < 4.78 is 11.3. The third-order valence-electron chi connectivity index (χ3n) is 4.33. The van der Waals surface area contributed by atoms with Gasteiger partial charge in [0, 0.05) is 24.7 Å². The zero-order chi connectivity index (χ0) is 18.5. The average molecular weight is 367 g/mol. The van der Waals surface area contributed by atoms with E-state index >= 15 is 0 Å². The lowest BCUT2D eigenvalue weighted by molar-refractivity contribution is 0.00766. The van der Waals surface area contributed by atoms with Gasteiger partial charge in [-0.05, 0) is 51.3 Å². The fourth-order valence-corrected chi connectivity index (χ4v) is 3.20. The number of rotatable bonds is 5. The number of carbonyl (C=O) groups is 1. The van der Waals surface area contributed by atoms with Crippen LogP contribution >= 0.6 is 11.6 Å². The summed E-state index contributed by atoms with van der Waals surface area (Å²) in [5.41, 5.74) is 0.422. The number of piperidine rings is 1. The molecule has 0 saturated carbocycles. The molecule has 0 radical (unpaired) electrons. The molecule has 6 heteroatoms. The largest absolute Gasteiger partial charge is 0.444 e. The van der Waals surface area contributed by atoms with Crippen molar-refractivity contribution in [2.45, 2.75) is 44.6 Å². The number of ether oxygens (including phenoxy) is 2. The van der Waals surface area contributed by atoms with Gasteiger partial charge in [-0.25, -0.2) is 9.78 Å². The van der Waals surface area contributed by atoms with Crippen molar-refractivity contribution in [2.75, 3.05) is 26.3 Å². The van der Waals surface area contributed by atoms with E-state index in [-0.39, 0.29) is 11.5 Å². The Bertz CT molecular complexity index is 605. The third-order valence-corrected chi connectivity index (χ3v) is 4.53. The highest BCUT2D eigenvalue weighted by molar-refractivity contribution is 6.29. The molecule has 138 valence electrons. The maximum atomic E-state index is 12.3. The molecule has 5 nitrogen and oxygen atoms in total. The molecule has 0 N–H and O–H groups in total. The summed E-state index contributed by atoms with van der Waals surface area (Å²) in [6.45, 7) is 11.6. The SMILES string of the molecule is C=CCOCC1(c2ccnc(Cl)c2)CCN(C(=O)OC(C)(C)C)CC1. The monoisotopic (exact) mass is 366 g/mol. The van der Waals surface area contributed by atoms with Crippen LogP contribution < -0.4 is 0 Å². The second-order valence-electron chi connectivity index (χ2n) is 7.42. The molecule has 1 aliphatic rings. The normalized spacial score (nSPS) is 17.2. The molecule has 0 spiro atoms. The fraction of sp³-hybridized carbons (Fsp3) is 0.579. The van der Waals surface area contributed by atoms with Crippen LogP contribution in [0.15, 0.2) is 31.0 Å². The molecule has 0 bridgehead atoms. The quantitative estimate of drug-likeness (QED) is 0.445. The van der Waals surface area contributed by atoms with Gasteiger partial charge in [-0.1, -0.05) is 17.7 Å². The molecule has 1 saturated heterocycles. The molecule has 0 aromatic carbocycles. The molecule has 1 fully saturated rings. The van der Waals surface area contributed by atoms with Crippen LogP contribution in [0.25, 0.3) is 0 Å². The second kappa shape index (κ2) is 8.19. The maximum absolute atomic E-state index is 12.3. The fourth-order valence-electron chi connectivity index (χ4n) is 3.03. The first kappa shape index (κ1) is 19.7. The lowest BCUT2D eigenvalue weighted by Crippen LogP contribution is -2.48. The minimum absolute atomic E-state index is 0.186. The van der Waals surface area contributed by atoms with Gasteiger partial charge in [0.25, 0.3) is 0 Å². The van der Waals surface area contributed by atoms with Crippen molar-refractivity contribution >= 4 is 17.7 Å².